The molecule has 0 spiro atoms. The lowest BCUT2D eigenvalue weighted by atomic mass is 10.0. The van der Waals surface area contributed by atoms with Gasteiger partial charge in [-0.25, -0.2) is 8.42 Å². The van der Waals surface area contributed by atoms with E-state index in [0.717, 1.165) is 6.07 Å². The summed E-state index contributed by atoms with van der Waals surface area (Å²) in [6, 6.07) is 10.3. The summed E-state index contributed by atoms with van der Waals surface area (Å²) < 4.78 is 27.1. The number of aromatic hydroxyl groups is 2. The van der Waals surface area contributed by atoms with E-state index in [1.165, 1.54) is 10.4 Å². The van der Waals surface area contributed by atoms with Gasteiger partial charge in [0.2, 0.25) is 10.0 Å². The summed E-state index contributed by atoms with van der Waals surface area (Å²) in [6.07, 6.45) is 1.27. The molecule has 122 valence electrons. The van der Waals surface area contributed by atoms with E-state index in [9.17, 15) is 18.6 Å². The van der Waals surface area contributed by atoms with Gasteiger partial charge in [-0.3, -0.25) is 0 Å². The predicted octanol–water partition coefficient (Wildman–Crippen LogP) is 3.28. The number of phenols is 2. The van der Waals surface area contributed by atoms with Crippen LogP contribution in [0.15, 0.2) is 47.4 Å². The predicted molar refractivity (Wildman–Crippen MR) is 87.1 cm³/mol. The van der Waals surface area contributed by atoms with E-state index < -0.39 is 16.1 Å². The smallest absolute Gasteiger partial charge is 0.243 e. The molecule has 0 bridgehead atoms. The Labute approximate surface area is 139 Å². The summed E-state index contributed by atoms with van der Waals surface area (Å²) >= 11 is 5.91. The fourth-order valence-electron chi connectivity index (χ4n) is 2.90. The Morgan fingerprint density at radius 3 is 2.48 bits per heavy atom. The molecular weight excluding hydrogens is 338 g/mol. The number of halogens is 1. The third-order valence-electron chi connectivity index (χ3n) is 4.01. The molecule has 0 aromatic heterocycles. The van der Waals surface area contributed by atoms with Crippen molar-refractivity contribution in [3.05, 3.63) is 53.1 Å². The van der Waals surface area contributed by atoms with Gasteiger partial charge in [-0.05, 0) is 31.0 Å². The Hall–Kier alpha value is -1.76. The first kappa shape index (κ1) is 16.1. The second-order valence-corrected chi connectivity index (χ2v) is 7.75. The second-order valence-electron chi connectivity index (χ2n) is 5.45. The molecule has 0 radical (unpaired) electrons. The average molecular weight is 354 g/mol. The fourth-order valence-corrected chi connectivity index (χ4v) is 4.77. The number of hydrogen-bond donors (Lipinski definition) is 2. The lowest BCUT2D eigenvalue weighted by molar-refractivity contribution is 0.378. The Morgan fingerprint density at radius 1 is 1.09 bits per heavy atom. The molecule has 1 aliphatic heterocycles. The van der Waals surface area contributed by atoms with Gasteiger partial charge >= 0.3 is 0 Å². The van der Waals surface area contributed by atoms with E-state index in [-0.39, 0.29) is 21.4 Å². The van der Waals surface area contributed by atoms with Gasteiger partial charge in [-0.2, -0.15) is 4.31 Å². The molecule has 5 nitrogen and oxygen atoms in total. The molecule has 7 heteroatoms. The topological polar surface area (TPSA) is 77.8 Å². The van der Waals surface area contributed by atoms with Crippen molar-refractivity contribution in [2.75, 3.05) is 6.54 Å². The Bertz CT molecular complexity index is 823. The zero-order chi connectivity index (χ0) is 16.6. The first-order valence-corrected chi connectivity index (χ1v) is 9.01. The lowest BCUT2D eigenvalue weighted by Crippen LogP contribution is -2.30. The van der Waals surface area contributed by atoms with E-state index in [0.29, 0.717) is 24.9 Å². The fraction of sp³-hybridized carbons (Fsp3) is 0.250. The van der Waals surface area contributed by atoms with Crippen LogP contribution in [0.5, 0.6) is 11.5 Å². The summed E-state index contributed by atoms with van der Waals surface area (Å²) in [4.78, 5) is 0.219. The Kier molecular flexibility index (Phi) is 4.23. The first-order valence-electron chi connectivity index (χ1n) is 7.19. The quantitative estimate of drug-likeness (QED) is 0.887. The van der Waals surface area contributed by atoms with Crippen molar-refractivity contribution < 1.29 is 18.6 Å². The molecule has 23 heavy (non-hydrogen) atoms. The van der Waals surface area contributed by atoms with Crippen LogP contribution in [0.1, 0.15) is 24.4 Å². The van der Waals surface area contributed by atoms with Crippen molar-refractivity contribution in [1.29, 1.82) is 0 Å². The van der Waals surface area contributed by atoms with Gasteiger partial charge in [0, 0.05) is 18.2 Å². The maximum absolute atomic E-state index is 12.8. The van der Waals surface area contributed by atoms with Crippen LogP contribution in [-0.2, 0) is 10.0 Å². The number of rotatable bonds is 3. The van der Waals surface area contributed by atoms with E-state index in [2.05, 4.69) is 0 Å². The van der Waals surface area contributed by atoms with Gasteiger partial charge in [-0.1, -0.05) is 29.8 Å². The highest BCUT2D eigenvalue weighted by Crippen LogP contribution is 2.42. The number of benzene rings is 2. The van der Waals surface area contributed by atoms with Crippen LogP contribution in [0.4, 0.5) is 0 Å². The van der Waals surface area contributed by atoms with Crippen molar-refractivity contribution in [1.82, 2.24) is 4.31 Å². The monoisotopic (exact) mass is 353 g/mol. The lowest BCUT2D eigenvalue weighted by Gasteiger charge is -2.25. The molecule has 1 saturated heterocycles. The summed E-state index contributed by atoms with van der Waals surface area (Å²) in [6.45, 7) is 0.375. The van der Waals surface area contributed by atoms with Crippen LogP contribution >= 0.6 is 11.6 Å². The second kappa shape index (κ2) is 6.03. The molecule has 0 aliphatic carbocycles. The minimum atomic E-state index is -3.66. The SMILES string of the molecule is O=S(=O)(c1ccccc1)N1CCCC1c1cc(Cl)c(O)cc1O. The summed E-state index contributed by atoms with van der Waals surface area (Å²) in [5.74, 6) is -0.393. The van der Waals surface area contributed by atoms with Gasteiger partial charge in [0.1, 0.15) is 11.5 Å². The molecule has 2 aromatic rings. The summed E-state index contributed by atoms with van der Waals surface area (Å²) in [5.41, 5.74) is 0.407. The molecule has 2 N–H and O–H groups in total. The largest absolute Gasteiger partial charge is 0.507 e. The highest BCUT2D eigenvalue weighted by molar-refractivity contribution is 7.89. The first-order chi connectivity index (χ1) is 10.9. The highest BCUT2D eigenvalue weighted by atomic mass is 35.5. The molecule has 1 atom stereocenters. The van der Waals surface area contributed by atoms with Crippen molar-refractivity contribution in [3.63, 3.8) is 0 Å². The standard InChI is InChI=1S/C16H16ClNO4S/c17-13-9-12(15(19)10-16(13)20)14-7-4-8-18(14)23(21,22)11-5-2-1-3-6-11/h1-3,5-6,9-10,14,19-20H,4,7-8H2. The minimum absolute atomic E-state index is 0.0850. The molecule has 1 fully saturated rings. The van der Waals surface area contributed by atoms with Crippen LogP contribution in [0.2, 0.25) is 5.02 Å². The van der Waals surface area contributed by atoms with Gasteiger partial charge in [0.25, 0.3) is 0 Å². The third kappa shape index (κ3) is 2.89. The molecule has 1 heterocycles. The van der Waals surface area contributed by atoms with E-state index in [1.807, 2.05) is 0 Å². The molecule has 1 aliphatic rings. The van der Waals surface area contributed by atoms with Crippen LogP contribution in [-0.4, -0.2) is 29.5 Å². The number of sulfonamides is 1. The molecular formula is C16H16ClNO4S. The van der Waals surface area contributed by atoms with Gasteiger partial charge < -0.3 is 10.2 Å². The zero-order valence-corrected chi connectivity index (χ0v) is 13.8. The van der Waals surface area contributed by atoms with Crippen LogP contribution in [0.3, 0.4) is 0 Å². The maximum Gasteiger partial charge on any atom is 0.243 e. The Morgan fingerprint density at radius 2 is 1.78 bits per heavy atom. The van der Waals surface area contributed by atoms with Crippen molar-refractivity contribution in [3.8, 4) is 11.5 Å². The van der Waals surface area contributed by atoms with Crippen LogP contribution in [0.25, 0.3) is 0 Å². The molecule has 3 rings (SSSR count). The van der Waals surface area contributed by atoms with E-state index in [4.69, 9.17) is 11.6 Å². The van der Waals surface area contributed by atoms with Gasteiger partial charge in [0.05, 0.1) is 16.0 Å². The van der Waals surface area contributed by atoms with Gasteiger partial charge in [-0.15, -0.1) is 0 Å². The van der Waals surface area contributed by atoms with E-state index in [1.54, 1.807) is 30.3 Å². The number of phenolic OH excluding ortho intramolecular Hbond substituents is 2. The van der Waals surface area contributed by atoms with Crippen molar-refractivity contribution >= 4 is 21.6 Å². The molecule has 1 unspecified atom stereocenters. The number of nitrogens with zero attached hydrogens (tertiary/aromatic N) is 1. The zero-order valence-electron chi connectivity index (χ0n) is 12.2. The number of hydrogen-bond acceptors (Lipinski definition) is 4. The van der Waals surface area contributed by atoms with E-state index >= 15 is 0 Å². The minimum Gasteiger partial charge on any atom is -0.507 e. The van der Waals surface area contributed by atoms with Crippen molar-refractivity contribution in [2.24, 2.45) is 0 Å². The van der Waals surface area contributed by atoms with Crippen molar-refractivity contribution in [2.45, 2.75) is 23.8 Å². The maximum atomic E-state index is 12.8. The molecule has 0 saturated carbocycles. The highest BCUT2D eigenvalue weighted by Gasteiger charge is 2.37. The molecule has 0 amide bonds. The normalized spacial score (nSPS) is 19.1. The third-order valence-corrected chi connectivity index (χ3v) is 6.23. The van der Waals surface area contributed by atoms with Gasteiger partial charge in [0.15, 0.2) is 0 Å². The average Bonchev–Trinajstić information content (AvgIpc) is 3.02. The summed E-state index contributed by atoms with van der Waals surface area (Å²) in [5, 5.41) is 19.7. The van der Waals surface area contributed by atoms with Crippen LogP contribution < -0.4 is 0 Å². The Balaban J connectivity index is 2.03. The van der Waals surface area contributed by atoms with Crippen LogP contribution in [0, 0.1) is 0 Å². The summed E-state index contributed by atoms with van der Waals surface area (Å²) in [7, 11) is -3.66. The molecule has 2 aromatic carbocycles.